The molecule has 1 N–H and O–H groups in total. The molecule has 7 nitrogen and oxygen atoms in total. The van der Waals surface area contributed by atoms with Crippen LogP contribution in [0.15, 0.2) is 47.0 Å². The minimum atomic E-state index is -3.16. The number of carbonyl (C=O) groups is 1. The Balaban J connectivity index is 1.46. The summed E-state index contributed by atoms with van der Waals surface area (Å²) >= 11 is 11.8. The van der Waals surface area contributed by atoms with Crippen molar-refractivity contribution in [1.82, 2.24) is 19.6 Å². The van der Waals surface area contributed by atoms with Gasteiger partial charge in [0.2, 0.25) is 0 Å². The van der Waals surface area contributed by atoms with Gasteiger partial charge in [-0.25, -0.2) is 22.0 Å². The fourth-order valence-electron chi connectivity index (χ4n) is 3.18. The lowest BCUT2D eigenvalue weighted by molar-refractivity contribution is 0.0993. The second-order valence-electron chi connectivity index (χ2n) is 7.21. The molecule has 3 heterocycles. The lowest BCUT2D eigenvalue weighted by Gasteiger charge is -2.05. The van der Waals surface area contributed by atoms with Gasteiger partial charge in [-0.15, -0.1) is 0 Å². The normalized spacial score (nSPS) is 11.6. The second-order valence-corrected chi connectivity index (χ2v) is 8.00. The summed E-state index contributed by atoms with van der Waals surface area (Å²) in [6, 6.07) is 8.31. The average Bonchev–Trinajstić information content (AvgIpc) is 3.48. The van der Waals surface area contributed by atoms with Gasteiger partial charge >= 0.3 is 0 Å². The second kappa shape index (κ2) is 10.1. The van der Waals surface area contributed by atoms with Gasteiger partial charge in [0, 0.05) is 6.20 Å². The zero-order valence-corrected chi connectivity index (χ0v) is 18.9. The molecule has 4 aromatic rings. The van der Waals surface area contributed by atoms with Crippen LogP contribution < -0.4 is 5.32 Å². The summed E-state index contributed by atoms with van der Waals surface area (Å²) in [7, 11) is 0. The molecule has 0 saturated carbocycles. The molecule has 0 radical (unpaired) electrons. The fraction of sp³-hybridized carbons (Fsp3) is 0.190. The van der Waals surface area contributed by atoms with Crippen LogP contribution in [0.2, 0.25) is 10.0 Å². The molecule has 1 aromatic carbocycles. The van der Waals surface area contributed by atoms with Crippen molar-refractivity contribution in [1.29, 1.82) is 0 Å². The number of benzene rings is 1. The van der Waals surface area contributed by atoms with Crippen LogP contribution in [-0.2, 0) is 13.1 Å². The van der Waals surface area contributed by atoms with E-state index in [0.29, 0.717) is 4.68 Å². The summed E-state index contributed by atoms with van der Waals surface area (Å²) in [5, 5.41) is 9.36. The summed E-state index contributed by atoms with van der Waals surface area (Å²) in [5.41, 5.74) is -1.11. The molecule has 4 rings (SSSR count). The Hall–Kier alpha value is -3.38. The van der Waals surface area contributed by atoms with E-state index in [4.69, 9.17) is 27.6 Å². The lowest BCUT2D eigenvalue weighted by atomic mass is 10.2. The summed E-state index contributed by atoms with van der Waals surface area (Å²) in [6.45, 7) is -0.202. The van der Waals surface area contributed by atoms with Crippen LogP contribution in [0.4, 0.5) is 27.8 Å². The van der Waals surface area contributed by atoms with E-state index in [-0.39, 0.29) is 34.7 Å². The lowest BCUT2D eigenvalue weighted by Crippen LogP contribution is -2.12. The van der Waals surface area contributed by atoms with Crippen LogP contribution in [-0.4, -0.2) is 25.5 Å². The topological polar surface area (TPSA) is 77.9 Å². The summed E-state index contributed by atoms with van der Waals surface area (Å²) < 4.78 is 73.1. The van der Waals surface area contributed by atoms with Gasteiger partial charge in [0.15, 0.2) is 11.6 Å². The number of amides is 1. The highest BCUT2D eigenvalue weighted by molar-refractivity contribution is 6.33. The molecule has 3 aromatic heterocycles. The molecule has 0 aliphatic carbocycles. The Labute approximate surface area is 204 Å². The number of furan rings is 1. The van der Waals surface area contributed by atoms with Crippen LogP contribution in [0.5, 0.6) is 0 Å². The molecule has 1 amide bonds. The highest BCUT2D eigenvalue weighted by atomic mass is 35.5. The predicted octanol–water partition coefficient (Wildman–Crippen LogP) is 6.34. The van der Waals surface area contributed by atoms with Crippen molar-refractivity contribution in [3.05, 3.63) is 86.9 Å². The first-order valence-electron chi connectivity index (χ1n) is 9.82. The van der Waals surface area contributed by atoms with Gasteiger partial charge in [0.1, 0.15) is 28.0 Å². The Morgan fingerprint density at radius 2 is 1.71 bits per heavy atom. The summed E-state index contributed by atoms with van der Waals surface area (Å²) in [6.07, 6.45) is -4.85. The fourth-order valence-corrected chi connectivity index (χ4v) is 3.68. The first kappa shape index (κ1) is 24.7. The number of alkyl halides is 4. The third-order valence-electron chi connectivity index (χ3n) is 4.77. The Morgan fingerprint density at radius 3 is 2.37 bits per heavy atom. The zero-order valence-electron chi connectivity index (χ0n) is 17.4. The van der Waals surface area contributed by atoms with Gasteiger partial charge < -0.3 is 9.73 Å². The van der Waals surface area contributed by atoms with Crippen molar-refractivity contribution in [2.45, 2.75) is 25.9 Å². The van der Waals surface area contributed by atoms with Crippen LogP contribution in [0, 0.1) is 5.82 Å². The minimum absolute atomic E-state index is 0.00929. The molecule has 0 unspecified atom stereocenters. The molecule has 0 aliphatic heterocycles. The Kier molecular flexibility index (Phi) is 7.13. The number of hydrogen-bond donors (Lipinski definition) is 1. The highest BCUT2D eigenvalue weighted by Crippen LogP contribution is 2.35. The minimum Gasteiger partial charge on any atom is -0.454 e. The van der Waals surface area contributed by atoms with E-state index in [9.17, 15) is 26.7 Å². The molecular formula is C21H14Cl2F5N5O2. The van der Waals surface area contributed by atoms with E-state index in [1.165, 1.54) is 35.1 Å². The largest absolute Gasteiger partial charge is 0.454 e. The maximum absolute atomic E-state index is 13.3. The van der Waals surface area contributed by atoms with Crippen molar-refractivity contribution in [2.75, 3.05) is 5.32 Å². The van der Waals surface area contributed by atoms with Crippen molar-refractivity contribution >= 4 is 34.9 Å². The highest BCUT2D eigenvalue weighted by Gasteiger charge is 2.28. The maximum Gasteiger partial charge on any atom is 0.292 e. The number of hydrogen-bond acceptors (Lipinski definition) is 4. The van der Waals surface area contributed by atoms with Crippen molar-refractivity contribution in [2.24, 2.45) is 0 Å². The van der Waals surface area contributed by atoms with Crippen molar-refractivity contribution in [3.63, 3.8) is 0 Å². The number of nitrogens with zero attached hydrogens (tertiary/aromatic N) is 4. The molecule has 0 atom stereocenters. The number of halogens is 7. The molecular weight excluding hydrogens is 520 g/mol. The zero-order chi connectivity index (χ0) is 25.3. The van der Waals surface area contributed by atoms with E-state index in [1.807, 2.05) is 0 Å². The van der Waals surface area contributed by atoms with E-state index in [1.54, 1.807) is 12.1 Å². The van der Waals surface area contributed by atoms with Gasteiger partial charge in [-0.05, 0) is 29.8 Å². The van der Waals surface area contributed by atoms with Crippen LogP contribution in [0.25, 0.3) is 0 Å². The molecule has 0 spiro atoms. The molecule has 0 fully saturated rings. The number of nitrogens with one attached hydrogen (secondary N) is 1. The third kappa shape index (κ3) is 5.49. The molecule has 0 saturated heterocycles. The van der Waals surface area contributed by atoms with Gasteiger partial charge in [-0.2, -0.15) is 10.2 Å². The van der Waals surface area contributed by atoms with Gasteiger partial charge in [0.05, 0.1) is 18.1 Å². The number of carbonyl (C=O) groups excluding carboxylic acids is 1. The van der Waals surface area contributed by atoms with Crippen LogP contribution in [0.3, 0.4) is 0 Å². The van der Waals surface area contributed by atoms with Crippen molar-refractivity contribution in [3.8, 4) is 0 Å². The van der Waals surface area contributed by atoms with Crippen LogP contribution >= 0.6 is 23.2 Å². The first-order chi connectivity index (χ1) is 16.6. The van der Waals surface area contributed by atoms with Gasteiger partial charge in [-0.1, -0.05) is 35.3 Å². The molecule has 184 valence electrons. The van der Waals surface area contributed by atoms with E-state index < -0.39 is 41.7 Å². The Morgan fingerprint density at radius 1 is 1.00 bits per heavy atom. The van der Waals surface area contributed by atoms with E-state index in [2.05, 4.69) is 15.5 Å². The maximum atomic E-state index is 13.3. The first-order valence-corrected chi connectivity index (χ1v) is 10.6. The van der Waals surface area contributed by atoms with Gasteiger partial charge in [-0.3, -0.25) is 14.2 Å². The Bertz CT molecular complexity index is 1350. The van der Waals surface area contributed by atoms with Crippen molar-refractivity contribution < 1.29 is 31.2 Å². The molecule has 14 heteroatoms. The SMILES string of the molecule is O=C(Nc1nn(Cc2ccc(F)cc2)cc1Cl)c1ccc(Cn2nc(C(F)F)c(Cl)c2C(F)F)o1. The van der Waals surface area contributed by atoms with Gasteiger partial charge in [0.25, 0.3) is 18.8 Å². The molecule has 0 bridgehead atoms. The summed E-state index contributed by atoms with van der Waals surface area (Å²) in [4.78, 5) is 12.5. The number of aromatic nitrogens is 4. The predicted molar refractivity (Wildman–Crippen MR) is 116 cm³/mol. The monoisotopic (exact) mass is 533 g/mol. The standard InChI is InChI=1S/C21H14Cl2F5N5O2/c22-13-9-32(7-10-1-3-11(24)4-2-10)31-20(13)29-21(34)14-6-5-12(35-14)8-33-17(19(27)28)15(23)16(30-33)18(25)26/h1-6,9,18-19H,7-8H2,(H,29,31,34). The van der Waals surface area contributed by atoms with E-state index in [0.717, 1.165) is 5.56 Å². The molecule has 35 heavy (non-hydrogen) atoms. The number of rotatable bonds is 8. The number of anilines is 1. The third-order valence-corrected chi connectivity index (χ3v) is 5.43. The smallest absolute Gasteiger partial charge is 0.292 e. The molecule has 0 aliphatic rings. The van der Waals surface area contributed by atoms with Crippen LogP contribution in [0.1, 0.15) is 46.1 Å². The summed E-state index contributed by atoms with van der Waals surface area (Å²) in [5.74, 6) is -1.32. The quantitative estimate of drug-likeness (QED) is 0.268. The average molecular weight is 534 g/mol. The van der Waals surface area contributed by atoms with E-state index >= 15 is 0 Å².